The lowest BCUT2D eigenvalue weighted by Crippen LogP contribution is -2.29. The maximum absolute atomic E-state index is 12.0. The molecule has 0 bridgehead atoms. The average Bonchev–Trinajstić information content (AvgIpc) is 2.55. The number of hydrogen-bond acceptors (Lipinski definition) is 4. The summed E-state index contributed by atoms with van der Waals surface area (Å²) in [6.07, 6.45) is 3.83. The van der Waals surface area contributed by atoms with Crippen molar-refractivity contribution in [3.63, 3.8) is 0 Å². The van der Waals surface area contributed by atoms with Gasteiger partial charge in [-0.1, -0.05) is 24.3 Å². The fourth-order valence-electron chi connectivity index (χ4n) is 1.85. The Hall–Kier alpha value is -1.92. The molecule has 22 heavy (non-hydrogen) atoms. The first kappa shape index (κ1) is 16.5. The predicted molar refractivity (Wildman–Crippen MR) is 93.7 cm³/mol. The second-order valence-electron chi connectivity index (χ2n) is 4.31. The van der Waals surface area contributed by atoms with E-state index in [4.69, 9.17) is 0 Å². The van der Waals surface area contributed by atoms with Crippen LogP contribution in [0.25, 0.3) is 0 Å². The van der Waals surface area contributed by atoms with Crippen molar-refractivity contribution >= 4 is 46.7 Å². The molecule has 2 rings (SSSR count). The third kappa shape index (κ3) is 4.05. The zero-order valence-corrected chi connectivity index (χ0v) is 13.9. The van der Waals surface area contributed by atoms with Crippen LogP contribution in [0.2, 0.25) is 0 Å². The third-order valence-electron chi connectivity index (χ3n) is 2.92. The van der Waals surface area contributed by atoms with Gasteiger partial charge in [-0.25, -0.2) is 0 Å². The highest BCUT2D eigenvalue weighted by atomic mass is 32.2. The van der Waals surface area contributed by atoms with Crippen molar-refractivity contribution in [1.29, 1.82) is 0 Å². The van der Waals surface area contributed by atoms with E-state index in [1.807, 2.05) is 48.9 Å². The van der Waals surface area contributed by atoms with Crippen LogP contribution in [0, 0.1) is 0 Å². The summed E-state index contributed by atoms with van der Waals surface area (Å²) in [6, 6.07) is 14.7. The van der Waals surface area contributed by atoms with E-state index in [2.05, 4.69) is 10.6 Å². The van der Waals surface area contributed by atoms with E-state index >= 15 is 0 Å². The van der Waals surface area contributed by atoms with Crippen LogP contribution < -0.4 is 10.6 Å². The quantitative estimate of drug-likeness (QED) is 0.662. The van der Waals surface area contributed by atoms with Crippen molar-refractivity contribution in [3.8, 4) is 0 Å². The maximum Gasteiger partial charge on any atom is 0.314 e. The van der Waals surface area contributed by atoms with E-state index in [0.717, 1.165) is 9.79 Å². The molecule has 0 aliphatic heterocycles. The molecule has 0 unspecified atom stereocenters. The first-order valence-electron chi connectivity index (χ1n) is 6.54. The largest absolute Gasteiger partial charge is 0.317 e. The summed E-state index contributed by atoms with van der Waals surface area (Å²) in [5.41, 5.74) is 1.27. The monoisotopic (exact) mass is 332 g/mol. The molecule has 0 saturated carbocycles. The molecule has 0 atom stereocenters. The Kier molecular flexibility index (Phi) is 5.91. The maximum atomic E-state index is 12.0. The fraction of sp³-hybridized carbons (Fsp3) is 0.125. The molecule has 2 aromatic carbocycles. The molecule has 114 valence electrons. The van der Waals surface area contributed by atoms with Crippen LogP contribution >= 0.6 is 23.5 Å². The Balaban J connectivity index is 2.08. The van der Waals surface area contributed by atoms with Crippen molar-refractivity contribution in [3.05, 3.63) is 48.5 Å². The summed E-state index contributed by atoms with van der Waals surface area (Å²) < 4.78 is 0. The van der Waals surface area contributed by atoms with Gasteiger partial charge in [0.2, 0.25) is 0 Å². The van der Waals surface area contributed by atoms with Crippen LogP contribution in [-0.2, 0) is 9.59 Å². The van der Waals surface area contributed by atoms with Crippen LogP contribution in [0.1, 0.15) is 0 Å². The van der Waals surface area contributed by atoms with Gasteiger partial charge in [0.1, 0.15) is 0 Å². The number of thioether (sulfide) groups is 2. The SMILES string of the molecule is CSc1ccccc1NC(=O)C(=O)Nc1ccccc1SC. The Morgan fingerprint density at radius 3 is 1.45 bits per heavy atom. The molecule has 2 N–H and O–H groups in total. The Bertz CT molecular complexity index is 630. The normalized spacial score (nSPS) is 10.1. The smallest absolute Gasteiger partial charge is 0.314 e. The zero-order chi connectivity index (χ0) is 15.9. The van der Waals surface area contributed by atoms with Crippen molar-refractivity contribution in [1.82, 2.24) is 0 Å². The van der Waals surface area contributed by atoms with Gasteiger partial charge in [0, 0.05) is 9.79 Å². The van der Waals surface area contributed by atoms with Crippen LogP contribution in [0.5, 0.6) is 0 Å². The lowest BCUT2D eigenvalue weighted by Gasteiger charge is -2.11. The van der Waals surface area contributed by atoms with Crippen molar-refractivity contribution < 1.29 is 9.59 Å². The standard InChI is InChI=1S/C16H16N2O2S2/c1-21-13-9-5-3-7-11(13)17-15(19)16(20)18-12-8-4-6-10-14(12)22-2/h3-10H,1-2H3,(H,17,19)(H,18,20). The van der Waals surface area contributed by atoms with Gasteiger partial charge in [0.05, 0.1) is 11.4 Å². The summed E-state index contributed by atoms with van der Waals surface area (Å²) in [5.74, 6) is -1.37. The summed E-state index contributed by atoms with van der Waals surface area (Å²) >= 11 is 3.02. The highest BCUT2D eigenvalue weighted by Gasteiger charge is 2.16. The van der Waals surface area contributed by atoms with Gasteiger partial charge >= 0.3 is 11.8 Å². The van der Waals surface area contributed by atoms with E-state index in [0.29, 0.717) is 11.4 Å². The minimum atomic E-state index is -0.683. The second-order valence-corrected chi connectivity index (χ2v) is 6.00. The van der Waals surface area contributed by atoms with Crippen LogP contribution in [0.3, 0.4) is 0 Å². The summed E-state index contributed by atoms with van der Waals surface area (Å²) in [4.78, 5) is 25.9. The predicted octanol–water partition coefficient (Wildman–Crippen LogP) is 3.71. The summed E-state index contributed by atoms with van der Waals surface area (Å²) in [7, 11) is 0. The first-order valence-corrected chi connectivity index (χ1v) is 8.99. The molecule has 0 spiro atoms. The molecule has 0 aromatic heterocycles. The number of hydrogen-bond donors (Lipinski definition) is 2. The van der Waals surface area contributed by atoms with Crippen molar-refractivity contribution in [2.75, 3.05) is 23.1 Å². The van der Waals surface area contributed by atoms with Crippen molar-refractivity contribution in [2.45, 2.75) is 9.79 Å². The number of carbonyl (C=O) groups excluding carboxylic acids is 2. The van der Waals surface area contributed by atoms with E-state index in [9.17, 15) is 9.59 Å². The average molecular weight is 332 g/mol. The fourth-order valence-corrected chi connectivity index (χ4v) is 2.96. The summed E-state index contributed by atoms with van der Waals surface area (Å²) in [5, 5.41) is 5.28. The molecule has 0 aliphatic carbocycles. The van der Waals surface area contributed by atoms with Gasteiger partial charge in [0.25, 0.3) is 0 Å². The van der Waals surface area contributed by atoms with E-state index in [1.165, 1.54) is 23.5 Å². The van der Waals surface area contributed by atoms with Gasteiger partial charge in [0.15, 0.2) is 0 Å². The Morgan fingerprint density at radius 2 is 1.09 bits per heavy atom. The summed E-state index contributed by atoms with van der Waals surface area (Å²) in [6.45, 7) is 0. The lowest BCUT2D eigenvalue weighted by atomic mass is 10.3. The van der Waals surface area contributed by atoms with Crippen molar-refractivity contribution in [2.24, 2.45) is 0 Å². The van der Waals surface area contributed by atoms with E-state index in [-0.39, 0.29) is 0 Å². The number of para-hydroxylation sites is 2. The highest BCUT2D eigenvalue weighted by molar-refractivity contribution is 7.99. The topological polar surface area (TPSA) is 58.2 Å². The Labute approximate surface area is 138 Å². The number of benzene rings is 2. The van der Waals surface area contributed by atoms with Gasteiger partial charge in [-0.05, 0) is 36.8 Å². The minimum Gasteiger partial charge on any atom is -0.317 e. The molecule has 0 heterocycles. The van der Waals surface area contributed by atoms with Gasteiger partial charge in [-0.2, -0.15) is 0 Å². The van der Waals surface area contributed by atoms with Crippen LogP contribution in [-0.4, -0.2) is 24.3 Å². The van der Waals surface area contributed by atoms with E-state index < -0.39 is 11.8 Å². The first-order chi connectivity index (χ1) is 10.7. The molecule has 0 fully saturated rings. The highest BCUT2D eigenvalue weighted by Crippen LogP contribution is 2.26. The van der Waals surface area contributed by atoms with E-state index in [1.54, 1.807) is 12.1 Å². The number of carbonyl (C=O) groups is 2. The number of amides is 2. The number of nitrogens with one attached hydrogen (secondary N) is 2. The third-order valence-corrected chi connectivity index (χ3v) is 4.51. The molecule has 2 aromatic rings. The molecular weight excluding hydrogens is 316 g/mol. The van der Waals surface area contributed by atoms with Gasteiger partial charge in [-0.3, -0.25) is 9.59 Å². The number of anilines is 2. The molecule has 0 saturated heterocycles. The minimum absolute atomic E-state index is 0.633. The van der Waals surface area contributed by atoms with Gasteiger partial charge in [-0.15, -0.1) is 23.5 Å². The van der Waals surface area contributed by atoms with Crippen LogP contribution in [0.15, 0.2) is 58.3 Å². The molecule has 0 aliphatic rings. The molecule has 6 heteroatoms. The lowest BCUT2D eigenvalue weighted by molar-refractivity contribution is -0.133. The second kappa shape index (κ2) is 7.91. The molecular formula is C16H16N2O2S2. The van der Waals surface area contributed by atoms with Gasteiger partial charge < -0.3 is 10.6 Å². The molecule has 0 radical (unpaired) electrons. The Morgan fingerprint density at radius 1 is 0.727 bits per heavy atom. The van der Waals surface area contributed by atoms with Crippen LogP contribution in [0.4, 0.5) is 11.4 Å². The number of rotatable bonds is 4. The zero-order valence-electron chi connectivity index (χ0n) is 12.3. The molecule has 2 amide bonds. The molecule has 4 nitrogen and oxygen atoms in total.